The highest BCUT2D eigenvalue weighted by molar-refractivity contribution is 7.89. The smallest absolute Gasteiger partial charge is 0.243 e. The van der Waals surface area contributed by atoms with Crippen LogP contribution in [0.3, 0.4) is 0 Å². The van der Waals surface area contributed by atoms with Crippen LogP contribution in [0.15, 0.2) is 53.4 Å². The molecule has 1 unspecified atom stereocenters. The first kappa shape index (κ1) is 22.0. The minimum Gasteiger partial charge on any atom is -0.339 e. The molecular formula is C24H31N3O3S. The Hall–Kier alpha value is -2.22. The molecule has 4 rings (SSSR count). The standard InChI is InChI=1S/C24H31N3O3S/c1-19-10-11-23(20(2)17-19)31(29,30)27-15-13-25(14-16-27)24(28)22-9-6-12-26(22)18-21-7-4-3-5-8-21/h3-5,7-8,10-11,17,22H,6,9,12-16,18H2,1-2H3. The molecule has 0 aromatic heterocycles. The molecular weight excluding hydrogens is 410 g/mol. The van der Waals surface area contributed by atoms with Crippen molar-refractivity contribution in [1.29, 1.82) is 0 Å². The third-order valence-electron chi connectivity index (χ3n) is 6.38. The maximum Gasteiger partial charge on any atom is 0.243 e. The normalized spacial score (nSPS) is 20.8. The minimum atomic E-state index is -3.54. The molecule has 2 heterocycles. The van der Waals surface area contributed by atoms with E-state index in [1.807, 2.05) is 49.1 Å². The van der Waals surface area contributed by atoms with E-state index in [1.54, 1.807) is 6.07 Å². The number of hydrogen-bond donors (Lipinski definition) is 0. The molecule has 0 spiro atoms. The number of rotatable bonds is 5. The largest absolute Gasteiger partial charge is 0.339 e. The van der Waals surface area contributed by atoms with E-state index in [2.05, 4.69) is 17.0 Å². The van der Waals surface area contributed by atoms with Gasteiger partial charge < -0.3 is 4.90 Å². The molecule has 1 amide bonds. The first-order valence-corrected chi connectivity index (χ1v) is 12.4. The van der Waals surface area contributed by atoms with Gasteiger partial charge in [0.2, 0.25) is 15.9 Å². The lowest BCUT2D eigenvalue weighted by molar-refractivity contribution is -0.137. The zero-order valence-corrected chi connectivity index (χ0v) is 19.1. The number of carbonyl (C=O) groups is 1. The van der Waals surface area contributed by atoms with Crippen LogP contribution in [-0.4, -0.2) is 67.2 Å². The highest BCUT2D eigenvalue weighted by Gasteiger charge is 2.37. The second-order valence-corrected chi connectivity index (χ2v) is 10.5. The number of hydrogen-bond acceptors (Lipinski definition) is 4. The molecule has 2 aromatic rings. The summed E-state index contributed by atoms with van der Waals surface area (Å²) < 4.78 is 27.8. The lowest BCUT2D eigenvalue weighted by atomic mass is 10.1. The molecule has 0 N–H and O–H groups in total. The summed E-state index contributed by atoms with van der Waals surface area (Å²) in [5.74, 6) is 0.136. The molecule has 0 bridgehead atoms. The number of carbonyl (C=O) groups excluding carboxylic acids is 1. The van der Waals surface area contributed by atoms with Crippen LogP contribution in [0.5, 0.6) is 0 Å². The van der Waals surface area contributed by atoms with Crippen molar-refractivity contribution in [1.82, 2.24) is 14.1 Å². The minimum absolute atomic E-state index is 0.109. The van der Waals surface area contributed by atoms with Crippen molar-refractivity contribution in [2.75, 3.05) is 32.7 Å². The summed E-state index contributed by atoms with van der Waals surface area (Å²) in [4.78, 5) is 17.7. The number of nitrogens with zero attached hydrogens (tertiary/aromatic N) is 3. The molecule has 2 aliphatic heterocycles. The lowest BCUT2D eigenvalue weighted by Crippen LogP contribution is -2.54. The van der Waals surface area contributed by atoms with Crippen molar-refractivity contribution in [3.05, 3.63) is 65.2 Å². The van der Waals surface area contributed by atoms with Crippen LogP contribution in [0.25, 0.3) is 0 Å². The number of likely N-dealkylation sites (tertiary alicyclic amines) is 1. The van der Waals surface area contributed by atoms with E-state index in [0.29, 0.717) is 31.1 Å². The van der Waals surface area contributed by atoms with Crippen LogP contribution in [0, 0.1) is 13.8 Å². The molecule has 2 fully saturated rings. The lowest BCUT2D eigenvalue weighted by Gasteiger charge is -2.37. The van der Waals surface area contributed by atoms with Gasteiger partial charge in [0.15, 0.2) is 0 Å². The van der Waals surface area contributed by atoms with Gasteiger partial charge in [-0.05, 0) is 50.4 Å². The topological polar surface area (TPSA) is 60.9 Å². The van der Waals surface area contributed by atoms with Crippen molar-refractivity contribution >= 4 is 15.9 Å². The predicted octanol–water partition coefficient (Wildman–Crippen LogP) is 2.80. The van der Waals surface area contributed by atoms with Gasteiger partial charge in [0.25, 0.3) is 0 Å². The molecule has 31 heavy (non-hydrogen) atoms. The third-order valence-corrected chi connectivity index (χ3v) is 8.43. The van der Waals surface area contributed by atoms with Gasteiger partial charge in [-0.25, -0.2) is 8.42 Å². The molecule has 2 aromatic carbocycles. The number of benzene rings is 2. The number of amides is 1. The number of piperazine rings is 1. The molecule has 7 heteroatoms. The Balaban J connectivity index is 1.39. The van der Waals surface area contributed by atoms with Crippen LogP contribution in [0.4, 0.5) is 0 Å². The van der Waals surface area contributed by atoms with E-state index >= 15 is 0 Å². The van der Waals surface area contributed by atoms with Gasteiger partial charge in [0.1, 0.15) is 0 Å². The van der Waals surface area contributed by atoms with Gasteiger partial charge in [0.05, 0.1) is 10.9 Å². The summed E-state index contributed by atoms with van der Waals surface area (Å²) in [5, 5.41) is 0. The van der Waals surface area contributed by atoms with E-state index in [1.165, 1.54) is 9.87 Å². The van der Waals surface area contributed by atoms with Crippen LogP contribution < -0.4 is 0 Å². The van der Waals surface area contributed by atoms with E-state index < -0.39 is 10.0 Å². The SMILES string of the molecule is Cc1ccc(S(=O)(=O)N2CCN(C(=O)C3CCCN3Cc3ccccc3)CC2)c(C)c1. The van der Waals surface area contributed by atoms with Gasteiger partial charge in [-0.2, -0.15) is 4.31 Å². The Labute approximate surface area is 185 Å². The van der Waals surface area contributed by atoms with Crippen LogP contribution in [0.1, 0.15) is 29.5 Å². The summed E-state index contributed by atoms with van der Waals surface area (Å²) in [7, 11) is -3.54. The van der Waals surface area contributed by atoms with Crippen molar-refractivity contribution in [3.63, 3.8) is 0 Å². The molecule has 0 aliphatic carbocycles. The zero-order valence-electron chi connectivity index (χ0n) is 18.3. The Kier molecular flexibility index (Phi) is 6.46. The second kappa shape index (κ2) is 9.10. The Bertz CT molecular complexity index is 1030. The maximum atomic E-state index is 13.2. The van der Waals surface area contributed by atoms with Crippen molar-refractivity contribution in [3.8, 4) is 0 Å². The van der Waals surface area contributed by atoms with Gasteiger partial charge in [-0.3, -0.25) is 9.69 Å². The average molecular weight is 442 g/mol. The number of sulfonamides is 1. The molecule has 166 valence electrons. The fourth-order valence-electron chi connectivity index (χ4n) is 4.70. The van der Waals surface area contributed by atoms with Crippen molar-refractivity contribution < 1.29 is 13.2 Å². The third kappa shape index (κ3) is 4.68. The van der Waals surface area contributed by atoms with Gasteiger partial charge in [-0.1, -0.05) is 48.0 Å². The molecule has 6 nitrogen and oxygen atoms in total. The van der Waals surface area contributed by atoms with Gasteiger partial charge in [0, 0.05) is 32.7 Å². The first-order valence-electron chi connectivity index (χ1n) is 11.0. The van der Waals surface area contributed by atoms with Crippen LogP contribution in [-0.2, 0) is 21.4 Å². The highest BCUT2D eigenvalue weighted by atomic mass is 32.2. The maximum absolute atomic E-state index is 13.2. The predicted molar refractivity (Wildman–Crippen MR) is 121 cm³/mol. The van der Waals surface area contributed by atoms with E-state index in [4.69, 9.17) is 0 Å². The van der Waals surface area contributed by atoms with E-state index in [-0.39, 0.29) is 11.9 Å². The summed E-state index contributed by atoms with van der Waals surface area (Å²) in [6.07, 6.45) is 1.89. The Morgan fingerprint density at radius 2 is 1.68 bits per heavy atom. The van der Waals surface area contributed by atoms with Crippen LogP contribution >= 0.6 is 0 Å². The van der Waals surface area contributed by atoms with Crippen molar-refractivity contribution in [2.24, 2.45) is 0 Å². The van der Waals surface area contributed by atoms with Crippen LogP contribution in [0.2, 0.25) is 0 Å². The molecule has 1 atom stereocenters. The van der Waals surface area contributed by atoms with E-state index in [0.717, 1.165) is 37.1 Å². The summed E-state index contributed by atoms with van der Waals surface area (Å²) >= 11 is 0. The molecule has 2 aliphatic rings. The van der Waals surface area contributed by atoms with Gasteiger partial charge >= 0.3 is 0 Å². The number of aryl methyl sites for hydroxylation is 2. The highest BCUT2D eigenvalue weighted by Crippen LogP contribution is 2.25. The quantitative estimate of drug-likeness (QED) is 0.716. The average Bonchev–Trinajstić information content (AvgIpc) is 3.22. The molecule has 0 radical (unpaired) electrons. The van der Waals surface area contributed by atoms with E-state index in [9.17, 15) is 13.2 Å². The summed E-state index contributed by atoms with van der Waals surface area (Å²) in [6, 6.07) is 15.6. The summed E-state index contributed by atoms with van der Waals surface area (Å²) in [6.45, 7) is 7.06. The zero-order chi connectivity index (χ0) is 22.0. The fraction of sp³-hybridized carbons (Fsp3) is 0.458. The van der Waals surface area contributed by atoms with Gasteiger partial charge in [-0.15, -0.1) is 0 Å². The Morgan fingerprint density at radius 1 is 0.968 bits per heavy atom. The monoisotopic (exact) mass is 441 g/mol. The first-order chi connectivity index (χ1) is 14.9. The molecule has 0 saturated carbocycles. The fourth-order valence-corrected chi connectivity index (χ4v) is 6.33. The Morgan fingerprint density at radius 3 is 2.35 bits per heavy atom. The molecule has 2 saturated heterocycles. The summed E-state index contributed by atoms with van der Waals surface area (Å²) in [5.41, 5.74) is 3.02. The second-order valence-electron chi connectivity index (χ2n) is 8.61. The van der Waals surface area contributed by atoms with Crippen molar-refractivity contribution in [2.45, 2.75) is 44.2 Å².